The van der Waals surface area contributed by atoms with E-state index in [1.54, 1.807) is 18.4 Å². The summed E-state index contributed by atoms with van der Waals surface area (Å²) in [5.41, 5.74) is -0.360. The maximum Gasteiger partial charge on any atom is 0.280 e. The van der Waals surface area contributed by atoms with Crippen LogP contribution in [0.4, 0.5) is 10.3 Å². The number of fused-ring (bicyclic) bond motifs is 1. The Hall–Kier alpha value is -2.65. The third-order valence-electron chi connectivity index (χ3n) is 8.18. The Labute approximate surface area is 303 Å². The number of aromatic nitrogens is 4. The molecule has 1 aliphatic carbocycles. The van der Waals surface area contributed by atoms with E-state index in [1.165, 1.54) is 6.33 Å². The number of halogens is 1. The van der Waals surface area contributed by atoms with Crippen molar-refractivity contribution in [3.8, 4) is 12.1 Å². The third-order valence-corrected chi connectivity index (χ3v) is 12.4. The summed E-state index contributed by atoms with van der Waals surface area (Å²) in [5, 5.41) is 21.0. The topological polar surface area (TPSA) is 184 Å². The highest BCUT2D eigenvalue weighted by molar-refractivity contribution is 7.44. The van der Waals surface area contributed by atoms with Crippen LogP contribution in [0.15, 0.2) is 11.1 Å². The molecule has 6 atom stereocenters. The summed E-state index contributed by atoms with van der Waals surface area (Å²) < 4.78 is 48.0. The number of hydrogen-bond acceptors (Lipinski definition) is 12. The number of amides is 1. The summed E-state index contributed by atoms with van der Waals surface area (Å²) in [6.07, 6.45) is -0.641. The number of rotatable bonds is 20. The van der Waals surface area contributed by atoms with Crippen molar-refractivity contribution in [1.29, 1.82) is 10.5 Å². The molecule has 0 spiro atoms. The second kappa shape index (κ2) is 20.0. The molecule has 2 unspecified atom stereocenters. The van der Waals surface area contributed by atoms with Gasteiger partial charge in [0.2, 0.25) is 11.9 Å². The fourth-order valence-electron chi connectivity index (χ4n) is 5.98. The van der Waals surface area contributed by atoms with E-state index in [0.717, 1.165) is 0 Å². The minimum Gasteiger partial charge on any atom is -0.322 e. The second-order valence-electron chi connectivity index (χ2n) is 13.8. The monoisotopic (exact) mass is 753 g/mol. The van der Waals surface area contributed by atoms with E-state index in [1.807, 2.05) is 60.1 Å². The van der Waals surface area contributed by atoms with Gasteiger partial charge < -0.3 is 22.7 Å². The largest absolute Gasteiger partial charge is 0.322 e. The highest BCUT2D eigenvalue weighted by Crippen LogP contribution is 2.54. The molecular formula is C33H54FN9O6P2. The van der Waals surface area contributed by atoms with E-state index in [2.05, 4.69) is 37.1 Å². The quantitative estimate of drug-likeness (QED) is 0.110. The second-order valence-corrected chi connectivity index (χ2v) is 16.7. The molecule has 1 amide bonds. The van der Waals surface area contributed by atoms with Crippen molar-refractivity contribution in [2.45, 2.75) is 131 Å². The molecule has 284 valence electrons. The van der Waals surface area contributed by atoms with Gasteiger partial charge in [0.15, 0.2) is 11.2 Å². The summed E-state index contributed by atoms with van der Waals surface area (Å²) in [6.45, 7) is 19.8. The van der Waals surface area contributed by atoms with Gasteiger partial charge in [0, 0.05) is 36.0 Å². The molecule has 2 heterocycles. The van der Waals surface area contributed by atoms with Crippen molar-refractivity contribution in [2.24, 2.45) is 11.8 Å². The lowest BCUT2D eigenvalue weighted by Gasteiger charge is -2.38. The molecule has 51 heavy (non-hydrogen) atoms. The number of anilines is 1. The molecule has 0 radical (unpaired) electrons. The van der Waals surface area contributed by atoms with Gasteiger partial charge in [0.05, 0.1) is 57.2 Å². The van der Waals surface area contributed by atoms with Crippen LogP contribution < -0.4 is 10.9 Å². The Balaban J connectivity index is 2.08. The fourth-order valence-corrected chi connectivity index (χ4v) is 9.41. The molecule has 3 rings (SSSR count). The van der Waals surface area contributed by atoms with Gasteiger partial charge in [-0.25, -0.2) is 18.7 Å². The van der Waals surface area contributed by atoms with Crippen LogP contribution in [0.3, 0.4) is 0 Å². The first-order valence-corrected chi connectivity index (χ1v) is 19.8. The summed E-state index contributed by atoms with van der Waals surface area (Å²) in [6, 6.07) is 3.55. The molecule has 1 aliphatic rings. The molecule has 18 heteroatoms. The van der Waals surface area contributed by atoms with Gasteiger partial charge in [-0.1, -0.05) is 13.8 Å². The van der Waals surface area contributed by atoms with Crippen molar-refractivity contribution >= 4 is 40.1 Å². The maximum atomic E-state index is 17.0. The van der Waals surface area contributed by atoms with Gasteiger partial charge in [-0.2, -0.15) is 15.5 Å². The van der Waals surface area contributed by atoms with Crippen LogP contribution in [0.5, 0.6) is 0 Å². The molecule has 0 bridgehead atoms. The lowest BCUT2D eigenvalue weighted by Crippen LogP contribution is -2.37. The molecule has 0 saturated heterocycles. The number of alkyl halides is 1. The summed E-state index contributed by atoms with van der Waals surface area (Å²) >= 11 is 0. The van der Waals surface area contributed by atoms with Crippen molar-refractivity contribution in [2.75, 3.05) is 25.1 Å². The SMILES string of the molecule is CC(C)C(=O)Nc1nc2c(ncn2[C@@H]2C[C@H](COP(OCCC#N)N(C(C)C)C(C)C)[C@@H](F)[C@H]2OP(OCCC#N)N(C(C)C)C(C)C)c(=O)[nH]1. The Morgan fingerprint density at radius 3 is 2.06 bits per heavy atom. The lowest BCUT2D eigenvalue weighted by molar-refractivity contribution is -0.118. The smallest absolute Gasteiger partial charge is 0.280 e. The first kappa shape index (κ1) is 42.8. The number of nitriles is 2. The van der Waals surface area contributed by atoms with Gasteiger partial charge in [-0.05, 0) is 61.8 Å². The molecule has 2 N–H and O–H groups in total. The average Bonchev–Trinajstić information content (AvgIpc) is 3.59. The fraction of sp³-hybridized carbons (Fsp3) is 0.758. The predicted octanol–water partition coefficient (Wildman–Crippen LogP) is 6.57. The van der Waals surface area contributed by atoms with E-state index in [4.69, 9.17) is 23.4 Å². The zero-order chi connectivity index (χ0) is 38.0. The van der Waals surface area contributed by atoms with Crippen LogP contribution >= 0.6 is 17.1 Å². The van der Waals surface area contributed by atoms with E-state index >= 15 is 4.39 Å². The summed E-state index contributed by atoms with van der Waals surface area (Å²) in [4.78, 5) is 37.0. The van der Waals surface area contributed by atoms with E-state index in [9.17, 15) is 14.9 Å². The number of H-pyrrole nitrogens is 1. The highest BCUT2D eigenvalue weighted by Gasteiger charge is 2.49. The zero-order valence-electron chi connectivity index (χ0n) is 31.4. The van der Waals surface area contributed by atoms with Crippen LogP contribution in [0.1, 0.15) is 94.5 Å². The number of nitrogens with one attached hydrogen (secondary N) is 2. The van der Waals surface area contributed by atoms with Crippen LogP contribution in [0.25, 0.3) is 11.2 Å². The first-order valence-electron chi connectivity index (χ1n) is 17.5. The Morgan fingerprint density at radius 2 is 1.53 bits per heavy atom. The van der Waals surface area contributed by atoms with E-state index < -0.39 is 46.8 Å². The Morgan fingerprint density at radius 1 is 0.980 bits per heavy atom. The minimum atomic E-state index is -1.84. The molecule has 15 nitrogen and oxygen atoms in total. The van der Waals surface area contributed by atoms with Crippen molar-refractivity contribution < 1.29 is 27.3 Å². The number of imidazole rings is 1. The number of carbonyl (C=O) groups is 1. The van der Waals surface area contributed by atoms with Gasteiger partial charge >= 0.3 is 0 Å². The number of nitrogens with zero attached hydrogens (tertiary/aromatic N) is 7. The zero-order valence-corrected chi connectivity index (χ0v) is 33.2. The summed E-state index contributed by atoms with van der Waals surface area (Å²) in [5.74, 6) is -1.42. The Bertz CT molecular complexity index is 1540. The molecular weight excluding hydrogens is 699 g/mol. The van der Waals surface area contributed by atoms with E-state index in [-0.39, 0.29) is 92.2 Å². The normalized spacial score (nSPS) is 20.7. The predicted molar refractivity (Wildman–Crippen MR) is 195 cm³/mol. The van der Waals surface area contributed by atoms with E-state index in [0.29, 0.717) is 0 Å². The van der Waals surface area contributed by atoms with Gasteiger partial charge in [-0.3, -0.25) is 19.9 Å². The summed E-state index contributed by atoms with van der Waals surface area (Å²) in [7, 11) is -3.48. The standard InChI is InChI=1S/C33H54FN9O6P2/c1-20(2)31(44)39-33-38-30-28(32(45)40-33)37-19-41(30)26-17-25(18-48-50(46-15-11-13-35)42(21(3)4)22(5)6)27(34)29(26)49-51(47-16-12-14-36)43(23(7)8)24(9)10/h19-27,29H,11-12,15-18H2,1-10H3,(H2,38,39,40,44,45)/t25-,26-,27-,29+,50?,51?/m1/s1. The van der Waals surface area contributed by atoms with Crippen molar-refractivity contribution in [1.82, 2.24) is 28.9 Å². The van der Waals surface area contributed by atoms with Crippen LogP contribution in [0.2, 0.25) is 0 Å². The average molecular weight is 754 g/mol. The number of carbonyl (C=O) groups excluding carboxylic acids is 1. The molecule has 0 aromatic carbocycles. The van der Waals surface area contributed by atoms with Crippen LogP contribution in [-0.4, -0.2) is 91.0 Å². The minimum absolute atomic E-state index is 0.00660. The Kier molecular flexibility index (Phi) is 16.8. The third kappa shape index (κ3) is 11.2. The molecule has 2 aromatic heterocycles. The molecule has 0 aliphatic heterocycles. The maximum absolute atomic E-state index is 17.0. The van der Waals surface area contributed by atoms with Gasteiger partial charge in [0.25, 0.3) is 22.6 Å². The van der Waals surface area contributed by atoms with Crippen LogP contribution in [-0.2, 0) is 22.9 Å². The van der Waals surface area contributed by atoms with Gasteiger partial charge in [-0.15, -0.1) is 0 Å². The van der Waals surface area contributed by atoms with Crippen molar-refractivity contribution in [3.63, 3.8) is 0 Å². The van der Waals surface area contributed by atoms with Gasteiger partial charge in [0.1, 0.15) is 12.3 Å². The highest BCUT2D eigenvalue weighted by atomic mass is 31.2. The molecule has 1 saturated carbocycles. The van der Waals surface area contributed by atoms with Crippen LogP contribution in [0, 0.1) is 34.5 Å². The van der Waals surface area contributed by atoms with Crippen molar-refractivity contribution in [3.05, 3.63) is 16.7 Å². The molecule has 1 fully saturated rings. The molecule has 2 aromatic rings. The number of aromatic amines is 1. The number of hydrogen-bond donors (Lipinski definition) is 2. The first-order chi connectivity index (χ1) is 24.1. The lowest BCUT2D eigenvalue weighted by atomic mass is 10.1.